The van der Waals surface area contributed by atoms with Crippen molar-refractivity contribution in [2.75, 3.05) is 0 Å². The minimum Gasteiger partial charge on any atom is -0.307 e. The van der Waals surface area contributed by atoms with Crippen LogP contribution in [0.2, 0.25) is 0 Å². The molecule has 102 valence electrons. The molecule has 4 heteroatoms. The van der Waals surface area contributed by atoms with Crippen LogP contribution < -0.4 is 5.32 Å². The quantitative estimate of drug-likeness (QED) is 0.778. The molecule has 0 saturated heterocycles. The third-order valence-corrected chi connectivity index (χ3v) is 4.28. The fourth-order valence-corrected chi connectivity index (χ4v) is 2.97. The van der Waals surface area contributed by atoms with Gasteiger partial charge in [-0.2, -0.15) is 0 Å². The Balaban J connectivity index is 1.68. The van der Waals surface area contributed by atoms with Gasteiger partial charge in [-0.3, -0.25) is 4.98 Å². The van der Waals surface area contributed by atoms with Crippen molar-refractivity contribution < 1.29 is 0 Å². The van der Waals surface area contributed by atoms with Crippen LogP contribution >= 0.6 is 11.3 Å². The average Bonchev–Trinajstić information content (AvgIpc) is 2.95. The SMILES string of the molecule is CCc1nc(CNCc2cccc3cccnc23)cs1. The summed E-state index contributed by atoms with van der Waals surface area (Å²) >= 11 is 1.73. The zero-order valence-electron chi connectivity index (χ0n) is 11.5. The molecule has 2 heterocycles. The smallest absolute Gasteiger partial charge is 0.0926 e. The highest BCUT2D eigenvalue weighted by Crippen LogP contribution is 2.16. The average molecular weight is 283 g/mol. The van der Waals surface area contributed by atoms with E-state index >= 15 is 0 Å². The molecule has 0 amide bonds. The predicted octanol–water partition coefficient (Wildman–Crippen LogP) is 3.54. The standard InChI is InChI=1S/C16H17N3S/c1-2-15-19-14(11-20-15)10-17-9-13-6-3-5-12-7-4-8-18-16(12)13/h3-8,11,17H,2,9-10H2,1H3. The zero-order valence-corrected chi connectivity index (χ0v) is 12.3. The summed E-state index contributed by atoms with van der Waals surface area (Å²) in [7, 11) is 0. The Bertz CT molecular complexity index is 700. The number of para-hydroxylation sites is 1. The first-order valence-corrected chi connectivity index (χ1v) is 7.71. The Morgan fingerprint density at radius 2 is 2.05 bits per heavy atom. The molecule has 0 fully saturated rings. The van der Waals surface area contributed by atoms with Crippen molar-refractivity contribution in [3.8, 4) is 0 Å². The largest absolute Gasteiger partial charge is 0.307 e. The van der Waals surface area contributed by atoms with Crippen LogP contribution in [-0.2, 0) is 19.5 Å². The van der Waals surface area contributed by atoms with E-state index in [1.807, 2.05) is 12.3 Å². The van der Waals surface area contributed by atoms with Gasteiger partial charge in [0.1, 0.15) is 0 Å². The fourth-order valence-electron chi connectivity index (χ4n) is 2.23. The monoisotopic (exact) mass is 283 g/mol. The number of pyridine rings is 1. The fraction of sp³-hybridized carbons (Fsp3) is 0.250. The molecule has 0 radical (unpaired) electrons. The highest BCUT2D eigenvalue weighted by Gasteiger charge is 2.03. The summed E-state index contributed by atoms with van der Waals surface area (Å²) < 4.78 is 0. The number of fused-ring (bicyclic) bond motifs is 1. The lowest BCUT2D eigenvalue weighted by Crippen LogP contribution is -2.13. The van der Waals surface area contributed by atoms with Crippen LogP contribution in [-0.4, -0.2) is 9.97 Å². The molecule has 0 unspecified atom stereocenters. The third-order valence-electron chi connectivity index (χ3n) is 3.24. The van der Waals surface area contributed by atoms with E-state index in [9.17, 15) is 0 Å². The Labute approximate surface area is 122 Å². The van der Waals surface area contributed by atoms with Gasteiger partial charge in [0.2, 0.25) is 0 Å². The zero-order chi connectivity index (χ0) is 13.8. The van der Waals surface area contributed by atoms with Gasteiger partial charge in [-0.15, -0.1) is 11.3 Å². The number of aryl methyl sites for hydroxylation is 1. The Morgan fingerprint density at radius 3 is 2.90 bits per heavy atom. The number of nitrogens with one attached hydrogen (secondary N) is 1. The first-order valence-electron chi connectivity index (χ1n) is 6.83. The lowest BCUT2D eigenvalue weighted by molar-refractivity contribution is 0.683. The summed E-state index contributed by atoms with van der Waals surface area (Å²) in [5, 5.41) is 7.97. The first-order chi connectivity index (χ1) is 9.86. The molecule has 2 aromatic heterocycles. The molecule has 0 aliphatic heterocycles. The summed E-state index contributed by atoms with van der Waals surface area (Å²) in [5.74, 6) is 0. The molecule has 1 N–H and O–H groups in total. The predicted molar refractivity (Wildman–Crippen MR) is 83.8 cm³/mol. The van der Waals surface area contributed by atoms with Crippen LogP contribution in [0, 0.1) is 0 Å². The molecule has 0 atom stereocenters. The van der Waals surface area contributed by atoms with E-state index in [-0.39, 0.29) is 0 Å². The van der Waals surface area contributed by atoms with Crippen molar-refractivity contribution in [2.24, 2.45) is 0 Å². The van der Waals surface area contributed by atoms with Gasteiger partial charge in [0.05, 0.1) is 16.2 Å². The second-order valence-electron chi connectivity index (χ2n) is 4.68. The molecule has 0 spiro atoms. The summed E-state index contributed by atoms with van der Waals surface area (Å²) in [6.45, 7) is 3.75. The summed E-state index contributed by atoms with van der Waals surface area (Å²) in [6.07, 6.45) is 2.86. The van der Waals surface area contributed by atoms with Crippen molar-refractivity contribution in [1.29, 1.82) is 0 Å². The van der Waals surface area contributed by atoms with E-state index in [1.165, 1.54) is 16.0 Å². The van der Waals surface area contributed by atoms with Crippen molar-refractivity contribution in [1.82, 2.24) is 15.3 Å². The number of rotatable bonds is 5. The van der Waals surface area contributed by atoms with Crippen LogP contribution in [0.5, 0.6) is 0 Å². The maximum atomic E-state index is 4.56. The van der Waals surface area contributed by atoms with E-state index in [0.717, 1.165) is 30.7 Å². The summed E-state index contributed by atoms with van der Waals surface area (Å²) in [5.41, 5.74) is 3.43. The molecule has 3 aromatic rings. The molecule has 0 aliphatic rings. The first kappa shape index (κ1) is 13.2. The topological polar surface area (TPSA) is 37.8 Å². The molecule has 0 bridgehead atoms. The van der Waals surface area contributed by atoms with Gasteiger partial charge in [0.15, 0.2) is 0 Å². The van der Waals surface area contributed by atoms with Crippen LogP contribution in [0.15, 0.2) is 41.9 Å². The lowest BCUT2D eigenvalue weighted by Gasteiger charge is -2.06. The van der Waals surface area contributed by atoms with E-state index in [4.69, 9.17) is 0 Å². The number of aromatic nitrogens is 2. The van der Waals surface area contributed by atoms with Crippen molar-refractivity contribution in [2.45, 2.75) is 26.4 Å². The molecule has 20 heavy (non-hydrogen) atoms. The van der Waals surface area contributed by atoms with Crippen molar-refractivity contribution in [3.05, 3.63) is 58.2 Å². The summed E-state index contributed by atoms with van der Waals surface area (Å²) in [4.78, 5) is 9.03. The van der Waals surface area contributed by atoms with Crippen molar-refractivity contribution >= 4 is 22.2 Å². The Morgan fingerprint density at radius 1 is 1.15 bits per heavy atom. The summed E-state index contributed by atoms with van der Waals surface area (Å²) in [6, 6.07) is 10.4. The van der Waals surface area contributed by atoms with Gasteiger partial charge >= 0.3 is 0 Å². The molecule has 0 aliphatic carbocycles. The van der Waals surface area contributed by atoms with Gasteiger partial charge in [-0.1, -0.05) is 31.2 Å². The molecule has 1 aromatic carbocycles. The second kappa shape index (κ2) is 6.11. The molecular weight excluding hydrogens is 266 g/mol. The number of hydrogen-bond donors (Lipinski definition) is 1. The molecule has 3 rings (SSSR count). The number of benzene rings is 1. The number of hydrogen-bond acceptors (Lipinski definition) is 4. The van der Waals surface area contributed by atoms with Crippen LogP contribution in [0.25, 0.3) is 10.9 Å². The van der Waals surface area contributed by atoms with E-state index in [1.54, 1.807) is 11.3 Å². The normalized spacial score (nSPS) is 11.1. The lowest BCUT2D eigenvalue weighted by atomic mass is 10.1. The van der Waals surface area contributed by atoms with E-state index in [2.05, 4.69) is 51.9 Å². The van der Waals surface area contributed by atoms with E-state index in [0.29, 0.717) is 0 Å². The Kier molecular flexibility index (Phi) is 4.04. The van der Waals surface area contributed by atoms with Gasteiger partial charge < -0.3 is 5.32 Å². The molecule has 3 nitrogen and oxygen atoms in total. The number of thiazole rings is 1. The third kappa shape index (κ3) is 2.86. The van der Waals surface area contributed by atoms with Crippen LogP contribution in [0.4, 0.5) is 0 Å². The van der Waals surface area contributed by atoms with Gasteiger partial charge in [0, 0.05) is 30.1 Å². The highest BCUT2D eigenvalue weighted by atomic mass is 32.1. The maximum absolute atomic E-state index is 4.56. The highest BCUT2D eigenvalue weighted by molar-refractivity contribution is 7.09. The van der Waals surface area contributed by atoms with Gasteiger partial charge in [-0.05, 0) is 18.1 Å². The van der Waals surface area contributed by atoms with Gasteiger partial charge in [0.25, 0.3) is 0 Å². The maximum Gasteiger partial charge on any atom is 0.0926 e. The van der Waals surface area contributed by atoms with Crippen LogP contribution in [0.1, 0.15) is 23.2 Å². The molecule has 0 saturated carbocycles. The van der Waals surface area contributed by atoms with Crippen LogP contribution in [0.3, 0.4) is 0 Å². The minimum absolute atomic E-state index is 0.805. The van der Waals surface area contributed by atoms with Crippen molar-refractivity contribution in [3.63, 3.8) is 0 Å². The van der Waals surface area contributed by atoms with Gasteiger partial charge in [-0.25, -0.2) is 4.98 Å². The number of nitrogens with zero attached hydrogens (tertiary/aromatic N) is 2. The second-order valence-corrected chi connectivity index (χ2v) is 5.62. The van der Waals surface area contributed by atoms with E-state index < -0.39 is 0 Å². The minimum atomic E-state index is 0.805. The molecular formula is C16H17N3S. The Hall–Kier alpha value is -1.78.